The van der Waals surface area contributed by atoms with E-state index in [1.165, 1.54) is 22.9 Å². The van der Waals surface area contributed by atoms with Crippen LogP contribution in [0.4, 0.5) is 5.69 Å². The Hall–Kier alpha value is -4.13. The summed E-state index contributed by atoms with van der Waals surface area (Å²) in [4.78, 5) is 32.9. The van der Waals surface area contributed by atoms with E-state index in [-0.39, 0.29) is 11.8 Å². The van der Waals surface area contributed by atoms with E-state index < -0.39 is 0 Å². The number of rotatable bonds is 8. The van der Waals surface area contributed by atoms with Crippen LogP contribution in [0.1, 0.15) is 44.6 Å². The summed E-state index contributed by atoms with van der Waals surface area (Å²) in [7, 11) is 0. The monoisotopic (exact) mass is 573 g/mol. The minimum absolute atomic E-state index is 0.0569. The number of hydrogen-bond acceptors (Lipinski definition) is 4. The Balaban J connectivity index is 1.16. The minimum Gasteiger partial charge on any atom is -0.352 e. The lowest BCUT2D eigenvalue weighted by Gasteiger charge is -2.31. The fraction of sp³-hybridized carbons (Fsp3) is 0.222. The molecule has 42 heavy (non-hydrogen) atoms. The molecule has 0 spiro atoms. The van der Waals surface area contributed by atoms with Crippen molar-refractivity contribution in [2.45, 2.75) is 37.8 Å². The maximum atomic E-state index is 13.8. The van der Waals surface area contributed by atoms with E-state index in [4.69, 9.17) is 0 Å². The fourth-order valence-corrected chi connectivity index (χ4v) is 6.69. The molecule has 0 atom stereocenters. The zero-order valence-electron chi connectivity index (χ0n) is 23.9. The number of benzene rings is 4. The second-order valence-electron chi connectivity index (χ2n) is 11.0. The first-order valence-corrected chi connectivity index (χ1v) is 15.4. The normalized spacial score (nSPS) is 15.8. The van der Waals surface area contributed by atoms with Crippen LogP contribution in [-0.2, 0) is 24.3 Å². The minimum atomic E-state index is -0.111. The Bertz CT molecular complexity index is 1630. The first kappa shape index (κ1) is 28.0. The van der Waals surface area contributed by atoms with Gasteiger partial charge in [0.1, 0.15) is 0 Å². The zero-order valence-corrected chi connectivity index (χ0v) is 24.7. The van der Waals surface area contributed by atoms with Crippen molar-refractivity contribution in [2.75, 3.05) is 24.5 Å². The van der Waals surface area contributed by atoms with Crippen molar-refractivity contribution in [2.24, 2.45) is 0 Å². The average Bonchev–Trinajstić information content (AvgIpc) is 3.01. The van der Waals surface area contributed by atoms with Crippen LogP contribution in [0.25, 0.3) is 6.08 Å². The number of carbonyl (C=O) groups excluding carboxylic acids is 2. The van der Waals surface area contributed by atoms with E-state index in [2.05, 4.69) is 53.5 Å². The molecule has 0 aromatic heterocycles. The van der Waals surface area contributed by atoms with Crippen LogP contribution >= 0.6 is 11.8 Å². The molecular weight excluding hydrogens is 538 g/mol. The van der Waals surface area contributed by atoms with Crippen molar-refractivity contribution in [1.29, 1.82) is 0 Å². The van der Waals surface area contributed by atoms with E-state index in [1.54, 1.807) is 4.90 Å². The van der Waals surface area contributed by atoms with Gasteiger partial charge in [0, 0.05) is 36.6 Å². The Kier molecular flexibility index (Phi) is 8.54. The highest BCUT2D eigenvalue weighted by atomic mass is 32.2. The predicted octanol–water partition coefficient (Wildman–Crippen LogP) is 6.85. The molecular formula is C36H35N3O2S. The fourth-order valence-electron chi connectivity index (χ4n) is 5.65. The molecule has 1 N–H and O–H groups in total. The number of anilines is 1. The second kappa shape index (κ2) is 12.8. The van der Waals surface area contributed by atoms with E-state index in [9.17, 15) is 9.59 Å². The van der Waals surface area contributed by atoms with Gasteiger partial charge in [-0.1, -0.05) is 96.2 Å². The van der Waals surface area contributed by atoms with E-state index in [0.717, 1.165) is 59.7 Å². The number of thioether (sulfide) groups is 1. The number of fused-ring (bicyclic) bond motifs is 2. The van der Waals surface area contributed by atoms with Gasteiger partial charge in [-0.25, -0.2) is 0 Å². The quantitative estimate of drug-likeness (QED) is 0.185. The molecule has 2 aliphatic heterocycles. The summed E-state index contributed by atoms with van der Waals surface area (Å²) < 4.78 is 0. The van der Waals surface area contributed by atoms with Crippen molar-refractivity contribution in [3.8, 4) is 0 Å². The molecule has 0 unspecified atom stereocenters. The lowest BCUT2D eigenvalue weighted by Crippen LogP contribution is -2.35. The first-order chi connectivity index (χ1) is 20.5. The lowest BCUT2D eigenvalue weighted by atomic mass is 10.00. The van der Waals surface area contributed by atoms with E-state index in [1.807, 2.05) is 66.7 Å². The maximum Gasteiger partial charge on any atom is 0.265 e. The highest BCUT2D eigenvalue weighted by Crippen LogP contribution is 2.43. The van der Waals surface area contributed by atoms with Crippen molar-refractivity contribution in [3.63, 3.8) is 0 Å². The molecule has 2 heterocycles. The number of aryl methyl sites for hydroxylation is 1. The molecule has 4 aromatic carbocycles. The van der Waals surface area contributed by atoms with Crippen LogP contribution in [0.15, 0.2) is 107 Å². The Morgan fingerprint density at radius 3 is 2.57 bits per heavy atom. The van der Waals surface area contributed by atoms with Crippen LogP contribution < -0.4 is 10.2 Å². The van der Waals surface area contributed by atoms with Crippen molar-refractivity contribution in [3.05, 3.63) is 135 Å². The summed E-state index contributed by atoms with van der Waals surface area (Å²) in [6, 6.07) is 32.5. The molecule has 2 aliphatic rings. The third kappa shape index (κ3) is 6.51. The van der Waals surface area contributed by atoms with Crippen LogP contribution in [0.3, 0.4) is 0 Å². The molecule has 0 radical (unpaired) electrons. The summed E-state index contributed by atoms with van der Waals surface area (Å²) in [5.41, 5.74) is 7.38. The van der Waals surface area contributed by atoms with Gasteiger partial charge >= 0.3 is 0 Å². The SMILES string of the molecule is Cc1cccc(CN2C(=O)/C(=C/c3ccccc3)Sc3ccc(C(=O)NCCCN4CCc5ccccc5C4)cc32)c1. The van der Waals surface area contributed by atoms with E-state index in [0.29, 0.717) is 23.6 Å². The number of nitrogens with zero attached hydrogens (tertiary/aromatic N) is 2. The molecule has 6 heteroatoms. The molecule has 0 fully saturated rings. The van der Waals surface area contributed by atoms with Crippen LogP contribution in [-0.4, -0.2) is 36.3 Å². The van der Waals surface area contributed by atoms with Crippen molar-refractivity contribution < 1.29 is 9.59 Å². The zero-order chi connectivity index (χ0) is 28.9. The maximum absolute atomic E-state index is 13.8. The van der Waals surface area contributed by atoms with Crippen molar-refractivity contribution >= 4 is 35.3 Å². The van der Waals surface area contributed by atoms with Gasteiger partial charge in [-0.3, -0.25) is 14.5 Å². The highest BCUT2D eigenvalue weighted by molar-refractivity contribution is 8.04. The third-order valence-corrected chi connectivity index (χ3v) is 8.93. The Morgan fingerprint density at radius 2 is 1.74 bits per heavy atom. The number of amides is 2. The third-order valence-electron chi connectivity index (χ3n) is 7.85. The first-order valence-electron chi connectivity index (χ1n) is 14.6. The van der Waals surface area contributed by atoms with Gasteiger partial charge in [-0.2, -0.15) is 0 Å². The summed E-state index contributed by atoms with van der Waals surface area (Å²) in [5.74, 6) is -0.168. The van der Waals surface area contributed by atoms with Crippen LogP contribution in [0.5, 0.6) is 0 Å². The second-order valence-corrected chi connectivity index (χ2v) is 12.1. The summed E-state index contributed by atoms with van der Waals surface area (Å²) in [6.45, 7) is 6.07. The van der Waals surface area contributed by atoms with Crippen LogP contribution in [0.2, 0.25) is 0 Å². The molecule has 0 bridgehead atoms. The topological polar surface area (TPSA) is 52.7 Å². The summed E-state index contributed by atoms with van der Waals surface area (Å²) >= 11 is 1.46. The Morgan fingerprint density at radius 1 is 0.929 bits per heavy atom. The molecule has 0 aliphatic carbocycles. The molecule has 2 amide bonds. The van der Waals surface area contributed by atoms with Gasteiger partial charge in [0.05, 0.1) is 17.1 Å². The van der Waals surface area contributed by atoms with Gasteiger partial charge in [0.25, 0.3) is 11.8 Å². The standard InChI is InChI=1S/C36H35N3O2S/c1-26-9-7-12-28(21-26)24-39-32-23-30(15-16-33(32)42-34(36(39)41)22-27-10-3-2-4-11-27)35(40)37-18-8-19-38-20-17-29-13-5-6-14-31(29)25-38/h2-7,9-16,21-23H,8,17-20,24-25H2,1H3,(H,37,40)/b34-22-. The number of hydrogen-bond donors (Lipinski definition) is 1. The number of nitrogens with one attached hydrogen (secondary N) is 1. The summed E-state index contributed by atoms with van der Waals surface area (Å²) in [5, 5.41) is 3.10. The molecule has 4 aromatic rings. The van der Waals surface area contributed by atoms with E-state index >= 15 is 0 Å². The Labute approximate surface area is 252 Å². The highest BCUT2D eigenvalue weighted by Gasteiger charge is 2.30. The molecule has 0 saturated carbocycles. The lowest BCUT2D eigenvalue weighted by molar-refractivity contribution is -0.114. The number of carbonyl (C=O) groups is 2. The molecule has 0 saturated heterocycles. The van der Waals surface area contributed by atoms with Crippen LogP contribution in [0, 0.1) is 6.92 Å². The molecule has 212 valence electrons. The molecule has 6 rings (SSSR count). The predicted molar refractivity (Wildman–Crippen MR) is 171 cm³/mol. The largest absolute Gasteiger partial charge is 0.352 e. The van der Waals surface area contributed by atoms with Gasteiger partial charge in [-0.15, -0.1) is 0 Å². The summed E-state index contributed by atoms with van der Waals surface area (Å²) in [6.07, 6.45) is 3.91. The van der Waals surface area contributed by atoms with Crippen molar-refractivity contribution in [1.82, 2.24) is 10.2 Å². The van der Waals surface area contributed by atoms with Gasteiger partial charge in [-0.05, 0) is 66.3 Å². The average molecular weight is 574 g/mol. The van der Waals surface area contributed by atoms with Gasteiger partial charge in [0.2, 0.25) is 0 Å². The van der Waals surface area contributed by atoms with Gasteiger partial charge in [0.15, 0.2) is 0 Å². The molecule has 5 nitrogen and oxygen atoms in total. The smallest absolute Gasteiger partial charge is 0.265 e. The van der Waals surface area contributed by atoms with Gasteiger partial charge < -0.3 is 10.2 Å².